The van der Waals surface area contributed by atoms with E-state index in [1.807, 2.05) is 32.0 Å². The number of anilines is 2. The highest BCUT2D eigenvalue weighted by atomic mass is 35.5. The first-order valence-electron chi connectivity index (χ1n) is 7.71. The molecule has 0 spiro atoms. The molecule has 1 heterocycles. The van der Waals surface area contributed by atoms with E-state index in [2.05, 4.69) is 15.3 Å². The van der Waals surface area contributed by atoms with Crippen LogP contribution in [0.5, 0.6) is 0 Å². The maximum atomic E-state index is 11.6. The fourth-order valence-electron chi connectivity index (χ4n) is 2.26. The minimum Gasteiger partial charge on any atom is -0.334 e. The monoisotopic (exact) mass is 386 g/mol. The fraction of sp³-hybridized carbons (Fsp3) is 0.111. The zero-order chi connectivity index (χ0) is 18.7. The molecule has 0 bridgehead atoms. The molecule has 0 amide bonds. The SMILES string of the molecule is Cc1ccc(Nc2ncnc(Sc3ccc(Cl)cc3)c2[N+](=O)[O-])cc1C. The summed E-state index contributed by atoms with van der Waals surface area (Å²) in [5.74, 6) is 0.157. The van der Waals surface area contributed by atoms with Gasteiger partial charge in [-0.2, -0.15) is 0 Å². The van der Waals surface area contributed by atoms with Gasteiger partial charge in [-0.15, -0.1) is 0 Å². The summed E-state index contributed by atoms with van der Waals surface area (Å²) in [6.45, 7) is 3.99. The Balaban J connectivity index is 1.96. The number of rotatable bonds is 5. The smallest absolute Gasteiger partial charge is 0.334 e. The third-order valence-corrected chi connectivity index (χ3v) is 5.02. The van der Waals surface area contributed by atoms with Crippen molar-refractivity contribution in [3.63, 3.8) is 0 Å². The third-order valence-electron chi connectivity index (χ3n) is 3.77. The van der Waals surface area contributed by atoms with Gasteiger partial charge in [-0.25, -0.2) is 9.97 Å². The lowest BCUT2D eigenvalue weighted by Crippen LogP contribution is -2.03. The second-order valence-electron chi connectivity index (χ2n) is 5.61. The second-order valence-corrected chi connectivity index (χ2v) is 7.11. The van der Waals surface area contributed by atoms with E-state index in [4.69, 9.17) is 11.6 Å². The van der Waals surface area contributed by atoms with Gasteiger partial charge in [0.25, 0.3) is 0 Å². The standard InChI is InChI=1S/C18H15ClN4O2S/c1-11-3-6-14(9-12(11)2)22-17-16(23(24)25)18(21-10-20-17)26-15-7-4-13(19)5-8-15/h3-10H,1-2H3,(H,20,21,22). The fourth-order valence-corrected chi connectivity index (χ4v) is 3.25. The first-order valence-corrected chi connectivity index (χ1v) is 8.90. The predicted molar refractivity (Wildman–Crippen MR) is 103 cm³/mol. The van der Waals surface area contributed by atoms with Gasteiger partial charge in [0.05, 0.1) is 4.92 Å². The van der Waals surface area contributed by atoms with E-state index in [1.54, 1.807) is 24.3 Å². The van der Waals surface area contributed by atoms with E-state index in [-0.39, 0.29) is 16.5 Å². The molecule has 2 aromatic carbocycles. The van der Waals surface area contributed by atoms with Crippen LogP contribution in [-0.2, 0) is 0 Å². The first-order chi connectivity index (χ1) is 12.4. The molecule has 0 aliphatic carbocycles. The number of hydrogen-bond acceptors (Lipinski definition) is 6. The van der Waals surface area contributed by atoms with Crippen LogP contribution in [0, 0.1) is 24.0 Å². The molecule has 0 saturated carbocycles. The lowest BCUT2D eigenvalue weighted by atomic mass is 10.1. The van der Waals surface area contributed by atoms with Gasteiger partial charge in [-0.1, -0.05) is 29.4 Å². The molecule has 0 aliphatic rings. The Bertz CT molecular complexity index is 964. The maximum Gasteiger partial charge on any atom is 0.343 e. The summed E-state index contributed by atoms with van der Waals surface area (Å²) in [4.78, 5) is 20.1. The maximum absolute atomic E-state index is 11.6. The van der Waals surface area contributed by atoms with E-state index in [0.717, 1.165) is 21.7 Å². The Labute approximate surface area is 159 Å². The molecule has 8 heteroatoms. The van der Waals surface area contributed by atoms with Crippen molar-refractivity contribution in [3.8, 4) is 0 Å². The van der Waals surface area contributed by atoms with Gasteiger partial charge in [0.2, 0.25) is 5.82 Å². The highest BCUT2D eigenvalue weighted by molar-refractivity contribution is 7.99. The number of nitrogens with zero attached hydrogens (tertiary/aromatic N) is 3. The molecule has 1 N–H and O–H groups in total. The molecule has 0 aliphatic heterocycles. The van der Waals surface area contributed by atoms with Crippen molar-refractivity contribution >= 4 is 40.6 Å². The van der Waals surface area contributed by atoms with Gasteiger partial charge < -0.3 is 5.32 Å². The number of nitro groups is 1. The lowest BCUT2D eigenvalue weighted by molar-refractivity contribution is -0.387. The van der Waals surface area contributed by atoms with E-state index in [1.165, 1.54) is 18.1 Å². The van der Waals surface area contributed by atoms with Crippen LogP contribution < -0.4 is 5.32 Å². The largest absolute Gasteiger partial charge is 0.343 e. The van der Waals surface area contributed by atoms with Crippen LogP contribution >= 0.6 is 23.4 Å². The molecule has 6 nitrogen and oxygen atoms in total. The molecule has 0 atom stereocenters. The Morgan fingerprint density at radius 3 is 2.46 bits per heavy atom. The Kier molecular flexibility index (Phi) is 5.39. The zero-order valence-corrected chi connectivity index (χ0v) is 15.6. The highest BCUT2D eigenvalue weighted by Gasteiger charge is 2.24. The Hall–Kier alpha value is -2.64. The molecule has 0 radical (unpaired) electrons. The van der Waals surface area contributed by atoms with Crippen LogP contribution in [0.1, 0.15) is 11.1 Å². The predicted octanol–water partition coefficient (Wildman–Crippen LogP) is 5.55. The van der Waals surface area contributed by atoms with E-state index >= 15 is 0 Å². The molecule has 0 saturated heterocycles. The first kappa shape index (κ1) is 18.2. The van der Waals surface area contributed by atoms with Crippen molar-refractivity contribution in [1.82, 2.24) is 9.97 Å². The molecule has 0 fully saturated rings. The lowest BCUT2D eigenvalue weighted by Gasteiger charge is -2.10. The van der Waals surface area contributed by atoms with Crippen LogP contribution in [0.15, 0.2) is 58.7 Å². The summed E-state index contributed by atoms with van der Waals surface area (Å²) < 4.78 is 0. The minimum absolute atomic E-state index is 0.157. The Morgan fingerprint density at radius 1 is 1.08 bits per heavy atom. The summed E-state index contributed by atoms with van der Waals surface area (Å²) in [5, 5.41) is 15.5. The van der Waals surface area contributed by atoms with Gasteiger partial charge >= 0.3 is 5.69 Å². The highest BCUT2D eigenvalue weighted by Crippen LogP contribution is 2.37. The second kappa shape index (κ2) is 7.72. The van der Waals surface area contributed by atoms with Crippen LogP contribution in [0.4, 0.5) is 17.2 Å². The number of nitrogens with one attached hydrogen (secondary N) is 1. The van der Waals surface area contributed by atoms with Crippen molar-refractivity contribution in [3.05, 3.63) is 75.1 Å². The van der Waals surface area contributed by atoms with Crippen LogP contribution in [0.3, 0.4) is 0 Å². The van der Waals surface area contributed by atoms with Gasteiger partial charge in [-0.3, -0.25) is 10.1 Å². The number of benzene rings is 2. The normalized spacial score (nSPS) is 10.6. The summed E-state index contributed by atoms with van der Waals surface area (Å²) in [6.07, 6.45) is 1.31. The van der Waals surface area contributed by atoms with Gasteiger partial charge in [0.1, 0.15) is 6.33 Å². The van der Waals surface area contributed by atoms with Gasteiger partial charge in [-0.05, 0) is 61.4 Å². The molecular weight excluding hydrogens is 372 g/mol. The molecule has 132 valence electrons. The van der Waals surface area contributed by atoms with E-state index in [9.17, 15) is 10.1 Å². The molecule has 1 aromatic heterocycles. The van der Waals surface area contributed by atoms with Crippen LogP contribution in [0.2, 0.25) is 5.02 Å². The summed E-state index contributed by atoms with van der Waals surface area (Å²) >= 11 is 7.07. The van der Waals surface area contributed by atoms with Gasteiger partial charge in [0, 0.05) is 15.6 Å². The molecule has 3 aromatic rings. The summed E-state index contributed by atoms with van der Waals surface area (Å²) in [6, 6.07) is 12.8. The molecule has 0 unspecified atom stereocenters. The molecule has 3 rings (SSSR count). The van der Waals surface area contributed by atoms with E-state index in [0.29, 0.717) is 5.02 Å². The molecular formula is C18H15ClN4O2S. The van der Waals surface area contributed by atoms with E-state index < -0.39 is 4.92 Å². The van der Waals surface area contributed by atoms with Crippen molar-refractivity contribution in [2.24, 2.45) is 0 Å². The number of aromatic nitrogens is 2. The van der Waals surface area contributed by atoms with Crippen LogP contribution in [-0.4, -0.2) is 14.9 Å². The van der Waals surface area contributed by atoms with Crippen molar-refractivity contribution in [2.75, 3.05) is 5.32 Å². The van der Waals surface area contributed by atoms with Crippen molar-refractivity contribution < 1.29 is 4.92 Å². The molecule has 26 heavy (non-hydrogen) atoms. The zero-order valence-electron chi connectivity index (χ0n) is 14.1. The quantitative estimate of drug-likeness (QED) is 0.351. The topological polar surface area (TPSA) is 81.0 Å². The van der Waals surface area contributed by atoms with Crippen LogP contribution in [0.25, 0.3) is 0 Å². The average Bonchev–Trinajstić information content (AvgIpc) is 2.60. The third kappa shape index (κ3) is 4.12. The number of aryl methyl sites for hydroxylation is 2. The average molecular weight is 387 g/mol. The number of halogens is 1. The summed E-state index contributed by atoms with van der Waals surface area (Å²) in [7, 11) is 0. The van der Waals surface area contributed by atoms with Gasteiger partial charge in [0.15, 0.2) is 5.03 Å². The summed E-state index contributed by atoms with van der Waals surface area (Å²) in [5.41, 5.74) is 2.80. The Morgan fingerprint density at radius 2 is 1.81 bits per heavy atom. The van der Waals surface area contributed by atoms with Crippen molar-refractivity contribution in [2.45, 2.75) is 23.8 Å². The van der Waals surface area contributed by atoms with Crippen molar-refractivity contribution in [1.29, 1.82) is 0 Å². The minimum atomic E-state index is -0.471. The number of hydrogen-bond donors (Lipinski definition) is 1.